The van der Waals surface area contributed by atoms with E-state index in [-0.39, 0.29) is 6.61 Å². The maximum atomic E-state index is 9.06. The average Bonchev–Trinajstić information content (AvgIpc) is 2.21. The molecule has 0 atom stereocenters. The molecule has 0 aliphatic heterocycles. The number of hydrogen-bond acceptors (Lipinski definition) is 5. The minimum atomic E-state index is -0.491. The third-order valence-electron chi connectivity index (χ3n) is 1.90. The summed E-state index contributed by atoms with van der Waals surface area (Å²) in [4.78, 5) is 4.01. The first kappa shape index (κ1) is 11.3. The molecule has 1 heterocycles. The summed E-state index contributed by atoms with van der Waals surface area (Å²) in [6.07, 6.45) is 1.44. The van der Waals surface area contributed by atoms with Gasteiger partial charge in [-0.2, -0.15) is 5.26 Å². The van der Waals surface area contributed by atoms with Crippen LogP contribution in [-0.2, 0) is 0 Å². The van der Waals surface area contributed by atoms with Crippen LogP contribution in [-0.4, -0.2) is 22.2 Å². The normalized spacial score (nSPS) is 10.8. The molecule has 0 spiro atoms. The van der Waals surface area contributed by atoms with E-state index in [0.717, 1.165) is 0 Å². The van der Waals surface area contributed by atoms with Crippen molar-refractivity contribution >= 4 is 11.5 Å². The third kappa shape index (κ3) is 2.82. The van der Waals surface area contributed by atoms with E-state index in [2.05, 4.69) is 10.3 Å². The number of aliphatic hydroxyl groups is 1. The summed E-state index contributed by atoms with van der Waals surface area (Å²) >= 11 is 0. The monoisotopic (exact) mass is 206 g/mol. The van der Waals surface area contributed by atoms with E-state index in [4.69, 9.17) is 16.1 Å². The second kappa shape index (κ2) is 4.15. The third-order valence-corrected chi connectivity index (χ3v) is 1.90. The maximum Gasteiger partial charge on any atom is 0.149 e. The lowest BCUT2D eigenvalue weighted by atomic mass is 10.1. The van der Waals surface area contributed by atoms with Gasteiger partial charge in [-0.15, -0.1) is 0 Å². The molecule has 0 bridgehead atoms. The lowest BCUT2D eigenvalue weighted by Crippen LogP contribution is -2.35. The molecule has 80 valence electrons. The largest absolute Gasteiger partial charge is 0.396 e. The summed E-state index contributed by atoms with van der Waals surface area (Å²) in [6.45, 7) is 3.62. The number of pyridine rings is 1. The Bertz CT molecular complexity index is 395. The van der Waals surface area contributed by atoms with Gasteiger partial charge in [-0.25, -0.2) is 4.98 Å². The van der Waals surface area contributed by atoms with Crippen molar-refractivity contribution in [3.05, 3.63) is 17.8 Å². The zero-order valence-corrected chi connectivity index (χ0v) is 8.78. The summed E-state index contributed by atoms with van der Waals surface area (Å²) in [5.41, 5.74) is 6.03. The molecule has 5 nitrogen and oxygen atoms in total. The Morgan fingerprint density at radius 1 is 1.67 bits per heavy atom. The van der Waals surface area contributed by atoms with Gasteiger partial charge >= 0.3 is 0 Å². The number of hydrogen-bond donors (Lipinski definition) is 3. The fourth-order valence-corrected chi connectivity index (χ4v) is 1.01. The zero-order chi connectivity index (χ0) is 11.5. The number of nitrogens with two attached hydrogens (primary N) is 1. The van der Waals surface area contributed by atoms with E-state index in [1.807, 2.05) is 19.9 Å². The van der Waals surface area contributed by atoms with Crippen molar-refractivity contribution in [2.75, 3.05) is 17.7 Å². The number of rotatable bonds is 3. The molecule has 1 aromatic rings. The van der Waals surface area contributed by atoms with E-state index in [9.17, 15) is 0 Å². The highest BCUT2D eigenvalue weighted by atomic mass is 16.3. The topological polar surface area (TPSA) is 95.0 Å². The minimum Gasteiger partial charge on any atom is -0.396 e. The van der Waals surface area contributed by atoms with Gasteiger partial charge in [0.1, 0.15) is 11.9 Å². The number of nitrogens with one attached hydrogen (secondary N) is 1. The zero-order valence-electron chi connectivity index (χ0n) is 8.78. The molecule has 0 radical (unpaired) electrons. The van der Waals surface area contributed by atoms with Crippen LogP contribution >= 0.6 is 0 Å². The predicted molar refractivity (Wildman–Crippen MR) is 58.2 cm³/mol. The van der Waals surface area contributed by atoms with Gasteiger partial charge in [-0.3, -0.25) is 0 Å². The van der Waals surface area contributed by atoms with Crippen LogP contribution < -0.4 is 11.1 Å². The van der Waals surface area contributed by atoms with E-state index in [0.29, 0.717) is 17.1 Å². The molecule has 0 aliphatic carbocycles. The second-order valence-electron chi connectivity index (χ2n) is 3.94. The second-order valence-corrected chi connectivity index (χ2v) is 3.94. The first-order valence-corrected chi connectivity index (χ1v) is 4.53. The SMILES string of the molecule is CC(C)(CO)Nc1ncc(C#N)cc1N. The van der Waals surface area contributed by atoms with Gasteiger partial charge in [0, 0.05) is 6.20 Å². The quantitative estimate of drug-likeness (QED) is 0.677. The Balaban J connectivity index is 2.93. The molecule has 15 heavy (non-hydrogen) atoms. The highest BCUT2D eigenvalue weighted by Gasteiger charge is 2.17. The summed E-state index contributed by atoms with van der Waals surface area (Å²) in [5.74, 6) is 0.480. The Morgan fingerprint density at radius 3 is 2.80 bits per heavy atom. The molecule has 0 aromatic carbocycles. The standard InChI is InChI=1S/C10H14N4O/c1-10(2,6-15)14-9-8(12)3-7(4-11)5-13-9/h3,5,15H,6,12H2,1-2H3,(H,13,14). The van der Waals surface area contributed by atoms with Crippen molar-refractivity contribution in [3.63, 3.8) is 0 Å². The van der Waals surface area contributed by atoms with Gasteiger partial charge in [-0.1, -0.05) is 0 Å². The molecular formula is C10H14N4O. The van der Waals surface area contributed by atoms with Crippen LogP contribution in [0.4, 0.5) is 11.5 Å². The molecule has 1 rings (SSSR count). The first-order valence-electron chi connectivity index (χ1n) is 4.53. The van der Waals surface area contributed by atoms with Gasteiger partial charge < -0.3 is 16.2 Å². The van der Waals surface area contributed by atoms with Crippen LogP contribution in [0.25, 0.3) is 0 Å². The Morgan fingerprint density at radius 2 is 2.33 bits per heavy atom. The number of nitriles is 1. The summed E-state index contributed by atoms with van der Waals surface area (Å²) in [7, 11) is 0. The van der Waals surface area contributed by atoms with Crippen molar-refractivity contribution in [1.29, 1.82) is 5.26 Å². The van der Waals surface area contributed by atoms with E-state index in [1.165, 1.54) is 6.20 Å². The minimum absolute atomic E-state index is 0.0336. The molecule has 0 saturated heterocycles. The molecule has 0 saturated carbocycles. The molecular weight excluding hydrogens is 192 g/mol. The first-order chi connectivity index (χ1) is 6.98. The van der Waals surface area contributed by atoms with Gasteiger partial charge in [-0.05, 0) is 19.9 Å². The maximum absolute atomic E-state index is 9.06. The number of aliphatic hydroxyl groups excluding tert-OH is 1. The lowest BCUT2D eigenvalue weighted by molar-refractivity contribution is 0.234. The van der Waals surface area contributed by atoms with Crippen LogP contribution in [0.15, 0.2) is 12.3 Å². The molecule has 0 unspecified atom stereocenters. The van der Waals surface area contributed by atoms with Crippen molar-refractivity contribution in [2.24, 2.45) is 0 Å². The Hall–Kier alpha value is -1.80. The van der Waals surface area contributed by atoms with Crippen molar-refractivity contribution in [3.8, 4) is 6.07 Å². The highest BCUT2D eigenvalue weighted by Crippen LogP contribution is 2.19. The van der Waals surface area contributed by atoms with Crippen molar-refractivity contribution < 1.29 is 5.11 Å². The highest BCUT2D eigenvalue weighted by molar-refractivity contribution is 5.63. The van der Waals surface area contributed by atoms with Crippen molar-refractivity contribution in [1.82, 2.24) is 4.98 Å². The number of anilines is 2. The Kier molecular flexibility index (Phi) is 3.12. The molecule has 0 fully saturated rings. The molecule has 0 amide bonds. The van der Waals surface area contributed by atoms with Crippen molar-refractivity contribution in [2.45, 2.75) is 19.4 Å². The molecule has 0 aliphatic rings. The lowest BCUT2D eigenvalue weighted by Gasteiger charge is -2.24. The van der Waals surface area contributed by atoms with Crippen LogP contribution in [0.1, 0.15) is 19.4 Å². The van der Waals surface area contributed by atoms with E-state index >= 15 is 0 Å². The number of nitrogen functional groups attached to an aromatic ring is 1. The van der Waals surface area contributed by atoms with Gasteiger partial charge in [0.25, 0.3) is 0 Å². The van der Waals surface area contributed by atoms with Crippen LogP contribution in [0, 0.1) is 11.3 Å². The van der Waals surface area contributed by atoms with Gasteiger partial charge in [0.15, 0.2) is 0 Å². The fraction of sp³-hybridized carbons (Fsp3) is 0.400. The number of nitrogens with zero attached hydrogens (tertiary/aromatic N) is 2. The van der Waals surface area contributed by atoms with Crippen LogP contribution in [0.2, 0.25) is 0 Å². The molecule has 1 aromatic heterocycles. The molecule has 5 heteroatoms. The summed E-state index contributed by atoms with van der Waals surface area (Å²) in [6, 6.07) is 3.50. The predicted octanol–water partition coefficient (Wildman–Crippen LogP) is 0.718. The summed E-state index contributed by atoms with van der Waals surface area (Å²) < 4.78 is 0. The van der Waals surface area contributed by atoms with E-state index in [1.54, 1.807) is 6.07 Å². The summed E-state index contributed by atoms with van der Waals surface area (Å²) in [5, 5.41) is 20.7. The Labute approximate surface area is 88.6 Å². The fourth-order valence-electron chi connectivity index (χ4n) is 1.01. The van der Waals surface area contributed by atoms with Crippen LogP contribution in [0.3, 0.4) is 0 Å². The number of aromatic nitrogens is 1. The van der Waals surface area contributed by atoms with Gasteiger partial charge in [0.05, 0.1) is 23.4 Å². The van der Waals surface area contributed by atoms with Gasteiger partial charge in [0.2, 0.25) is 0 Å². The average molecular weight is 206 g/mol. The van der Waals surface area contributed by atoms with Crippen LogP contribution in [0.5, 0.6) is 0 Å². The smallest absolute Gasteiger partial charge is 0.149 e. The van der Waals surface area contributed by atoms with E-state index < -0.39 is 5.54 Å². The molecule has 4 N–H and O–H groups in total.